The minimum absolute atomic E-state index is 0.0305. The SMILES string of the molecule is Cc1cccc(C(Cc2cc(Br)cs2)NN)c1Cl. The Balaban J connectivity index is 2.25. The number of hydrazine groups is 1. The van der Waals surface area contributed by atoms with Gasteiger partial charge in [-0.15, -0.1) is 11.3 Å². The van der Waals surface area contributed by atoms with E-state index in [1.807, 2.05) is 25.1 Å². The van der Waals surface area contributed by atoms with Crippen LogP contribution < -0.4 is 11.3 Å². The molecule has 0 aliphatic heterocycles. The van der Waals surface area contributed by atoms with E-state index in [2.05, 4.69) is 32.8 Å². The first-order chi connectivity index (χ1) is 8.61. The lowest BCUT2D eigenvalue weighted by atomic mass is 10.0. The Morgan fingerprint density at radius 3 is 2.89 bits per heavy atom. The second-order valence-electron chi connectivity index (χ2n) is 4.13. The number of hydrogen-bond acceptors (Lipinski definition) is 3. The van der Waals surface area contributed by atoms with Gasteiger partial charge in [-0.25, -0.2) is 0 Å². The molecule has 0 saturated heterocycles. The van der Waals surface area contributed by atoms with Crippen molar-refractivity contribution in [3.8, 4) is 0 Å². The van der Waals surface area contributed by atoms with Crippen LogP contribution in [0.25, 0.3) is 0 Å². The van der Waals surface area contributed by atoms with Crippen LogP contribution in [0.1, 0.15) is 22.0 Å². The van der Waals surface area contributed by atoms with E-state index in [1.54, 1.807) is 11.3 Å². The molecule has 5 heteroatoms. The molecule has 1 aromatic heterocycles. The number of benzene rings is 1. The van der Waals surface area contributed by atoms with Crippen molar-refractivity contribution < 1.29 is 0 Å². The second-order valence-corrected chi connectivity index (χ2v) is 6.42. The van der Waals surface area contributed by atoms with Gasteiger partial charge in [-0.3, -0.25) is 11.3 Å². The molecule has 1 atom stereocenters. The predicted molar refractivity (Wildman–Crippen MR) is 82.0 cm³/mol. The second kappa shape index (κ2) is 6.17. The van der Waals surface area contributed by atoms with E-state index >= 15 is 0 Å². The summed E-state index contributed by atoms with van der Waals surface area (Å²) in [7, 11) is 0. The highest BCUT2D eigenvalue weighted by molar-refractivity contribution is 9.10. The number of aryl methyl sites for hydroxylation is 1. The van der Waals surface area contributed by atoms with Crippen LogP contribution in [0.4, 0.5) is 0 Å². The van der Waals surface area contributed by atoms with E-state index < -0.39 is 0 Å². The van der Waals surface area contributed by atoms with Gasteiger partial charge in [-0.05, 0) is 40.0 Å². The van der Waals surface area contributed by atoms with Gasteiger partial charge in [-0.1, -0.05) is 29.8 Å². The van der Waals surface area contributed by atoms with Gasteiger partial charge in [0.1, 0.15) is 0 Å². The summed E-state index contributed by atoms with van der Waals surface area (Å²) in [5, 5.41) is 2.86. The molecule has 96 valence electrons. The zero-order valence-electron chi connectivity index (χ0n) is 9.91. The minimum Gasteiger partial charge on any atom is -0.271 e. The van der Waals surface area contributed by atoms with Crippen LogP contribution in [0.15, 0.2) is 34.1 Å². The van der Waals surface area contributed by atoms with E-state index in [0.29, 0.717) is 0 Å². The Morgan fingerprint density at radius 1 is 1.50 bits per heavy atom. The van der Waals surface area contributed by atoms with Crippen molar-refractivity contribution in [1.82, 2.24) is 5.43 Å². The number of nitrogens with two attached hydrogens (primary N) is 1. The Hall–Kier alpha value is -0.390. The molecule has 0 bridgehead atoms. The molecule has 0 fully saturated rings. The van der Waals surface area contributed by atoms with Crippen LogP contribution in [0, 0.1) is 6.92 Å². The number of hydrogen-bond donors (Lipinski definition) is 2. The van der Waals surface area contributed by atoms with Crippen molar-refractivity contribution in [2.75, 3.05) is 0 Å². The standard InChI is InChI=1S/C13H14BrClN2S/c1-8-3-2-4-11(13(8)15)12(17-16)6-10-5-9(14)7-18-10/h2-5,7,12,17H,6,16H2,1H3. The summed E-state index contributed by atoms with van der Waals surface area (Å²) in [5.41, 5.74) is 4.97. The molecule has 1 heterocycles. The van der Waals surface area contributed by atoms with Gasteiger partial charge in [0.25, 0.3) is 0 Å². The summed E-state index contributed by atoms with van der Waals surface area (Å²) in [4.78, 5) is 1.27. The molecule has 18 heavy (non-hydrogen) atoms. The molecule has 3 N–H and O–H groups in total. The third-order valence-corrected chi connectivity index (χ3v) is 5.06. The van der Waals surface area contributed by atoms with Gasteiger partial charge in [0.05, 0.1) is 6.04 Å². The molecule has 0 aliphatic rings. The van der Waals surface area contributed by atoms with Gasteiger partial charge in [0.2, 0.25) is 0 Å². The highest BCUT2D eigenvalue weighted by atomic mass is 79.9. The molecule has 0 spiro atoms. The maximum atomic E-state index is 6.34. The van der Waals surface area contributed by atoms with Crippen LogP contribution in [-0.4, -0.2) is 0 Å². The van der Waals surface area contributed by atoms with Crippen molar-refractivity contribution in [3.05, 3.63) is 55.1 Å². The number of thiophene rings is 1. The molecule has 0 saturated carbocycles. The smallest absolute Gasteiger partial charge is 0.0523 e. The van der Waals surface area contributed by atoms with E-state index in [4.69, 9.17) is 17.4 Å². The molecule has 0 amide bonds. The first-order valence-electron chi connectivity index (χ1n) is 5.56. The number of rotatable bonds is 4. The van der Waals surface area contributed by atoms with Gasteiger partial charge >= 0.3 is 0 Å². The maximum absolute atomic E-state index is 6.34. The van der Waals surface area contributed by atoms with Crippen molar-refractivity contribution in [1.29, 1.82) is 0 Å². The fourth-order valence-corrected chi connectivity index (χ4v) is 3.62. The predicted octanol–water partition coefficient (Wildman–Crippen LogP) is 4.22. The monoisotopic (exact) mass is 344 g/mol. The van der Waals surface area contributed by atoms with Crippen LogP contribution in [0.5, 0.6) is 0 Å². The van der Waals surface area contributed by atoms with Gasteiger partial charge in [0.15, 0.2) is 0 Å². The highest BCUT2D eigenvalue weighted by Crippen LogP contribution is 2.30. The molecule has 2 rings (SSSR count). The minimum atomic E-state index is 0.0305. The van der Waals surface area contributed by atoms with E-state index in [-0.39, 0.29) is 6.04 Å². The summed E-state index contributed by atoms with van der Waals surface area (Å²) in [6, 6.07) is 8.16. The molecular weight excluding hydrogens is 332 g/mol. The molecular formula is C13H14BrClN2S. The summed E-state index contributed by atoms with van der Waals surface area (Å²) in [6.07, 6.45) is 0.829. The average molecular weight is 346 g/mol. The Labute approximate surface area is 124 Å². The molecule has 1 unspecified atom stereocenters. The van der Waals surface area contributed by atoms with Gasteiger partial charge in [-0.2, -0.15) is 0 Å². The Morgan fingerprint density at radius 2 is 2.28 bits per heavy atom. The molecule has 2 nitrogen and oxygen atoms in total. The van der Waals surface area contributed by atoms with E-state index in [0.717, 1.165) is 27.0 Å². The fourth-order valence-electron chi connectivity index (χ4n) is 1.86. The van der Waals surface area contributed by atoms with Crippen LogP contribution in [0.2, 0.25) is 5.02 Å². The van der Waals surface area contributed by atoms with Gasteiger partial charge < -0.3 is 0 Å². The lowest BCUT2D eigenvalue weighted by Crippen LogP contribution is -2.29. The van der Waals surface area contributed by atoms with E-state index in [9.17, 15) is 0 Å². The third kappa shape index (κ3) is 3.13. The normalized spacial score (nSPS) is 12.7. The van der Waals surface area contributed by atoms with Crippen LogP contribution >= 0.6 is 38.9 Å². The summed E-state index contributed by atoms with van der Waals surface area (Å²) >= 11 is 11.5. The van der Waals surface area contributed by atoms with E-state index in [1.165, 1.54) is 4.88 Å². The first-order valence-corrected chi connectivity index (χ1v) is 7.61. The van der Waals surface area contributed by atoms with Crippen molar-refractivity contribution in [3.63, 3.8) is 0 Å². The van der Waals surface area contributed by atoms with Crippen molar-refractivity contribution in [2.24, 2.45) is 5.84 Å². The average Bonchev–Trinajstić information content (AvgIpc) is 2.76. The molecule has 0 aliphatic carbocycles. The quantitative estimate of drug-likeness (QED) is 0.643. The topological polar surface area (TPSA) is 38.0 Å². The van der Waals surface area contributed by atoms with Crippen molar-refractivity contribution in [2.45, 2.75) is 19.4 Å². The fraction of sp³-hybridized carbons (Fsp3) is 0.231. The Kier molecular flexibility index (Phi) is 4.81. The maximum Gasteiger partial charge on any atom is 0.0523 e. The molecule has 0 radical (unpaired) electrons. The lowest BCUT2D eigenvalue weighted by molar-refractivity contribution is 0.555. The van der Waals surface area contributed by atoms with Crippen LogP contribution in [-0.2, 0) is 6.42 Å². The summed E-state index contributed by atoms with van der Waals surface area (Å²) in [5.74, 6) is 5.66. The first kappa shape index (κ1) is 14.0. The summed E-state index contributed by atoms with van der Waals surface area (Å²) in [6.45, 7) is 2.00. The number of nitrogens with one attached hydrogen (secondary N) is 1. The molecule has 2 aromatic rings. The largest absolute Gasteiger partial charge is 0.271 e. The highest BCUT2D eigenvalue weighted by Gasteiger charge is 2.15. The zero-order chi connectivity index (χ0) is 13.1. The lowest BCUT2D eigenvalue weighted by Gasteiger charge is -2.18. The molecule has 1 aromatic carbocycles. The van der Waals surface area contributed by atoms with Crippen LogP contribution in [0.3, 0.4) is 0 Å². The zero-order valence-corrected chi connectivity index (χ0v) is 13.1. The van der Waals surface area contributed by atoms with Gasteiger partial charge in [0, 0.05) is 26.2 Å². The third-order valence-electron chi connectivity index (χ3n) is 2.83. The van der Waals surface area contributed by atoms with Crippen molar-refractivity contribution >= 4 is 38.9 Å². The Bertz CT molecular complexity index is 542. The summed E-state index contributed by atoms with van der Waals surface area (Å²) < 4.78 is 1.11. The number of halogens is 2.